The highest BCUT2D eigenvalue weighted by Crippen LogP contribution is 2.29. The van der Waals surface area contributed by atoms with Gasteiger partial charge in [0.2, 0.25) is 10.0 Å². The Morgan fingerprint density at radius 1 is 1.29 bits per heavy atom. The number of nitrogens with one attached hydrogen (secondary N) is 2. The van der Waals surface area contributed by atoms with Crippen LogP contribution in [0.25, 0.3) is 11.0 Å². The topological polar surface area (TPSA) is 111 Å². The minimum atomic E-state index is -3.68. The van der Waals surface area contributed by atoms with Crippen LogP contribution in [-0.2, 0) is 10.0 Å². The molecule has 0 aliphatic carbocycles. The number of halogens is 2. The zero-order chi connectivity index (χ0) is 24.5. The zero-order valence-electron chi connectivity index (χ0n) is 18.8. The monoisotopic (exact) mass is 492 g/mol. The second kappa shape index (κ2) is 9.63. The molecule has 182 valence electrons. The number of aromatic amines is 1. The lowest BCUT2D eigenvalue weighted by Crippen LogP contribution is -2.53. The summed E-state index contributed by atoms with van der Waals surface area (Å²) in [6, 6.07) is 4.38. The largest absolute Gasteiger partial charge is 0.354 e. The Kier molecular flexibility index (Phi) is 6.80. The number of fused-ring (bicyclic) bond motifs is 1. The smallest absolute Gasteiger partial charge is 0.254 e. The van der Waals surface area contributed by atoms with Gasteiger partial charge < -0.3 is 15.2 Å². The lowest BCUT2D eigenvalue weighted by atomic mass is 9.93. The molecule has 1 amide bonds. The average Bonchev–Trinajstić information content (AvgIpc) is 3.27. The molecule has 1 aliphatic rings. The molecule has 0 bridgehead atoms. The second-order valence-corrected chi connectivity index (χ2v) is 10.5. The number of benzene rings is 1. The molecule has 3 aromatic rings. The van der Waals surface area contributed by atoms with Crippen molar-refractivity contribution < 1.29 is 22.0 Å². The van der Waals surface area contributed by atoms with Crippen LogP contribution in [0.4, 0.5) is 14.6 Å². The molecule has 2 atom stereocenters. The van der Waals surface area contributed by atoms with Crippen LogP contribution in [0.3, 0.4) is 0 Å². The highest BCUT2D eigenvalue weighted by molar-refractivity contribution is 7.89. The molecule has 3 heterocycles. The van der Waals surface area contributed by atoms with E-state index in [4.69, 9.17) is 0 Å². The lowest BCUT2D eigenvalue weighted by Gasteiger charge is -2.41. The maximum Gasteiger partial charge on any atom is 0.254 e. The van der Waals surface area contributed by atoms with Crippen molar-refractivity contribution in [3.8, 4) is 0 Å². The normalized spacial score (nSPS) is 19.3. The minimum absolute atomic E-state index is 0.112. The summed E-state index contributed by atoms with van der Waals surface area (Å²) in [5.74, 6) is -1.98. The summed E-state index contributed by atoms with van der Waals surface area (Å²) in [5, 5.41) is 3.26. The number of amides is 1. The third-order valence-corrected chi connectivity index (χ3v) is 8.10. The fourth-order valence-electron chi connectivity index (χ4n) is 4.27. The summed E-state index contributed by atoms with van der Waals surface area (Å²) in [5.41, 5.74) is 0.367. The van der Waals surface area contributed by atoms with Gasteiger partial charge in [-0.3, -0.25) is 4.79 Å². The van der Waals surface area contributed by atoms with Gasteiger partial charge in [-0.1, -0.05) is 6.92 Å². The van der Waals surface area contributed by atoms with Crippen molar-refractivity contribution in [2.45, 2.75) is 19.4 Å². The molecule has 0 radical (unpaired) electrons. The molecule has 34 heavy (non-hydrogen) atoms. The van der Waals surface area contributed by atoms with Crippen LogP contribution >= 0.6 is 0 Å². The van der Waals surface area contributed by atoms with Gasteiger partial charge in [0.1, 0.15) is 29.4 Å². The van der Waals surface area contributed by atoms with Gasteiger partial charge in [0, 0.05) is 45.0 Å². The van der Waals surface area contributed by atoms with Crippen molar-refractivity contribution in [2.24, 2.45) is 5.92 Å². The number of sulfonamides is 1. The molecular weight excluding hydrogens is 466 g/mol. The number of H-pyrrole nitrogens is 1. The summed E-state index contributed by atoms with van der Waals surface area (Å²) in [6.45, 7) is 2.53. The Labute approximate surface area is 196 Å². The minimum Gasteiger partial charge on any atom is -0.354 e. The van der Waals surface area contributed by atoms with E-state index >= 15 is 0 Å². The Morgan fingerprint density at radius 3 is 2.85 bits per heavy atom. The first-order chi connectivity index (χ1) is 16.2. The first kappa shape index (κ1) is 24.0. The molecule has 0 spiro atoms. The van der Waals surface area contributed by atoms with Gasteiger partial charge >= 0.3 is 0 Å². The van der Waals surface area contributed by atoms with Gasteiger partial charge in [-0.25, -0.2) is 27.2 Å². The van der Waals surface area contributed by atoms with Crippen molar-refractivity contribution >= 4 is 32.8 Å². The number of nitrogens with zero attached hydrogens (tertiary/aromatic N) is 4. The number of hydrogen-bond donors (Lipinski definition) is 2. The maximum absolute atomic E-state index is 13.8. The van der Waals surface area contributed by atoms with Crippen LogP contribution in [0.15, 0.2) is 36.8 Å². The third kappa shape index (κ3) is 4.87. The van der Waals surface area contributed by atoms with E-state index in [2.05, 4.69) is 27.2 Å². The van der Waals surface area contributed by atoms with Crippen molar-refractivity contribution in [2.75, 3.05) is 37.3 Å². The standard InChI is InChI=1S/C22H26F2N6O3S/c1-14-6-9-30(12-19(14)29(2)21-17-5-7-25-20(17)27-13-28-21)34(32,33)10-8-26-22(31)16-4-3-15(23)11-18(16)24/h3-5,7,11,13-14,19H,6,8-10,12H2,1-2H3,(H,26,31)(H,25,27,28). The fourth-order valence-corrected chi connectivity index (χ4v) is 5.65. The number of rotatable bonds is 7. The van der Waals surface area contributed by atoms with Crippen LogP contribution in [0.2, 0.25) is 0 Å². The molecule has 1 aliphatic heterocycles. The molecule has 1 saturated heterocycles. The summed E-state index contributed by atoms with van der Waals surface area (Å²) in [6.07, 6.45) is 3.92. The molecular formula is C22H26F2N6O3S. The highest BCUT2D eigenvalue weighted by Gasteiger charge is 2.35. The van der Waals surface area contributed by atoms with Crippen LogP contribution in [0.5, 0.6) is 0 Å². The number of likely N-dealkylation sites (N-methyl/N-ethyl adjacent to an activating group) is 1. The van der Waals surface area contributed by atoms with Gasteiger partial charge in [0.15, 0.2) is 0 Å². The summed E-state index contributed by atoms with van der Waals surface area (Å²) in [7, 11) is -1.79. The Hall–Kier alpha value is -3.12. The summed E-state index contributed by atoms with van der Waals surface area (Å²) >= 11 is 0. The van der Waals surface area contributed by atoms with Crippen LogP contribution < -0.4 is 10.2 Å². The van der Waals surface area contributed by atoms with E-state index in [0.717, 1.165) is 23.3 Å². The van der Waals surface area contributed by atoms with E-state index in [9.17, 15) is 22.0 Å². The first-order valence-electron chi connectivity index (χ1n) is 10.9. The van der Waals surface area contributed by atoms with Gasteiger partial charge in [0.05, 0.1) is 16.7 Å². The molecule has 1 aromatic carbocycles. The van der Waals surface area contributed by atoms with Gasteiger partial charge in [-0.15, -0.1) is 0 Å². The number of carbonyl (C=O) groups excluding carboxylic acids is 1. The fraction of sp³-hybridized carbons (Fsp3) is 0.409. The SMILES string of the molecule is CC1CCN(S(=O)(=O)CCNC(=O)c2ccc(F)cc2F)CC1N(C)c1ncnc2[nH]ccc12. The maximum atomic E-state index is 13.8. The predicted molar refractivity (Wildman–Crippen MR) is 124 cm³/mol. The number of carbonyl (C=O) groups is 1. The van der Waals surface area contributed by atoms with Gasteiger partial charge in [-0.2, -0.15) is 4.31 Å². The van der Waals surface area contributed by atoms with E-state index in [0.29, 0.717) is 24.7 Å². The summed E-state index contributed by atoms with van der Waals surface area (Å²) in [4.78, 5) is 25.8. The average molecular weight is 493 g/mol. The van der Waals surface area contributed by atoms with E-state index in [1.54, 1.807) is 6.20 Å². The number of aromatic nitrogens is 3. The molecule has 2 aromatic heterocycles. The third-order valence-electron chi connectivity index (χ3n) is 6.26. The van der Waals surface area contributed by atoms with Crippen LogP contribution in [-0.4, -0.2) is 72.1 Å². The van der Waals surface area contributed by atoms with Crippen molar-refractivity contribution in [3.63, 3.8) is 0 Å². The van der Waals surface area contributed by atoms with Crippen molar-refractivity contribution in [3.05, 3.63) is 54.0 Å². The summed E-state index contributed by atoms with van der Waals surface area (Å²) < 4.78 is 54.2. The van der Waals surface area contributed by atoms with Crippen molar-refractivity contribution in [1.82, 2.24) is 24.6 Å². The number of hydrogen-bond acceptors (Lipinski definition) is 6. The van der Waals surface area contributed by atoms with Crippen molar-refractivity contribution in [1.29, 1.82) is 0 Å². The molecule has 1 fully saturated rings. The molecule has 9 nitrogen and oxygen atoms in total. The molecule has 12 heteroatoms. The van der Waals surface area contributed by atoms with Crippen LogP contribution in [0, 0.1) is 17.6 Å². The highest BCUT2D eigenvalue weighted by atomic mass is 32.2. The zero-order valence-corrected chi connectivity index (χ0v) is 19.6. The lowest BCUT2D eigenvalue weighted by molar-refractivity contribution is 0.0952. The van der Waals surface area contributed by atoms with Gasteiger partial charge in [0.25, 0.3) is 5.91 Å². The molecule has 4 rings (SSSR count). The van der Waals surface area contributed by atoms with E-state index < -0.39 is 27.6 Å². The Balaban J connectivity index is 1.41. The molecule has 2 unspecified atom stereocenters. The van der Waals surface area contributed by atoms with E-state index in [-0.39, 0.29) is 36.4 Å². The van der Waals surface area contributed by atoms with Gasteiger partial charge in [-0.05, 0) is 30.5 Å². The first-order valence-corrected chi connectivity index (χ1v) is 12.5. The Bertz CT molecular complexity index is 1300. The number of anilines is 1. The quantitative estimate of drug-likeness (QED) is 0.523. The number of piperidine rings is 1. The predicted octanol–water partition coefficient (Wildman–Crippen LogP) is 2.14. The molecule has 0 saturated carbocycles. The van der Waals surface area contributed by atoms with E-state index in [1.807, 2.05) is 18.0 Å². The Morgan fingerprint density at radius 2 is 2.09 bits per heavy atom. The molecule has 2 N–H and O–H groups in total. The van der Waals surface area contributed by atoms with E-state index in [1.165, 1.54) is 10.6 Å². The second-order valence-electron chi connectivity index (χ2n) is 8.44. The van der Waals surface area contributed by atoms with Crippen LogP contribution in [0.1, 0.15) is 23.7 Å².